The Balaban J connectivity index is 2.08. The molecule has 4 N–H and O–H groups in total. The van der Waals surface area contributed by atoms with E-state index in [2.05, 4.69) is 66.7 Å². The van der Waals surface area contributed by atoms with Gasteiger partial charge in [-0.1, -0.05) is 66.7 Å². The maximum Gasteiger partial charge on any atom is 0.0488 e. The molecule has 0 spiro atoms. The van der Waals surface area contributed by atoms with Crippen molar-refractivity contribution in [3.05, 3.63) is 84.4 Å². The van der Waals surface area contributed by atoms with E-state index in [4.69, 9.17) is 11.5 Å². The van der Waals surface area contributed by atoms with Gasteiger partial charge in [0.2, 0.25) is 0 Å². The van der Waals surface area contributed by atoms with Crippen LogP contribution in [0.25, 0.3) is 32.3 Å². The third kappa shape index (κ3) is 2.46. The Kier molecular flexibility index (Phi) is 3.77. The van der Waals surface area contributed by atoms with Crippen molar-refractivity contribution in [1.29, 1.82) is 0 Å². The lowest BCUT2D eigenvalue weighted by Gasteiger charge is -2.14. The first-order chi connectivity index (χ1) is 11.8. The molecule has 0 amide bonds. The Bertz CT molecular complexity index is 1060. The van der Waals surface area contributed by atoms with Gasteiger partial charge in [0.15, 0.2) is 0 Å². The van der Waals surface area contributed by atoms with Crippen LogP contribution in [0, 0.1) is 0 Å². The number of nitrogens with two attached hydrogens (primary N) is 2. The molecule has 1 atom stereocenters. The number of rotatable bonds is 3. The molecule has 0 aliphatic rings. The summed E-state index contributed by atoms with van der Waals surface area (Å²) in [5.74, 6) is 0. The molecule has 0 saturated heterocycles. The zero-order valence-corrected chi connectivity index (χ0v) is 13.4. The van der Waals surface area contributed by atoms with E-state index in [0.29, 0.717) is 6.54 Å². The second-order valence-corrected chi connectivity index (χ2v) is 6.12. The molecule has 4 aromatic carbocycles. The van der Waals surface area contributed by atoms with Gasteiger partial charge in [-0.05, 0) is 50.0 Å². The lowest BCUT2D eigenvalue weighted by Crippen LogP contribution is -2.08. The average Bonchev–Trinajstić information content (AvgIpc) is 2.63. The molecule has 118 valence electrons. The minimum atomic E-state index is -0.158. The Labute approximate surface area is 141 Å². The second kappa shape index (κ2) is 6.08. The summed E-state index contributed by atoms with van der Waals surface area (Å²) in [6.07, 6.45) is 3.90. The van der Waals surface area contributed by atoms with Gasteiger partial charge in [0, 0.05) is 12.6 Å². The molecule has 0 aliphatic heterocycles. The van der Waals surface area contributed by atoms with Gasteiger partial charge >= 0.3 is 0 Å². The minimum absolute atomic E-state index is 0.158. The molecular formula is C22H20N2. The first-order valence-corrected chi connectivity index (χ1v) is 8.24. The van der Waals surface area contributed by atoms with E-state index in [1.54, 1.807) is 0 Å². The van der Waals surface area contributed by atoms with Gasteiger partial charge in [-0.15, -0.1) is 0 Å². The topological polar surface area (TPSA) is 52.0 Å². The van der Waals surface area contributed by atoms with Crippen LogP contribution in [0.1, 0.15) is 11.6 Å². The molecule has 0 fully saturated rings. The molecular weight excluding hydrogens is 292 g/mol. The maximum absolute atomic E-state index is 6.41. The molecule has 4 rings (SSSR count). The lowest BCUT2D eigenvalue weighted by atomic mass is 9.92. The van der Waals surface area contributed by atoms with Gasteiger partial charge in [-0.2, -0.15) is 0 Å². The van der Waals surface area contributed by atoms with Gasteiger partial charge in [0.25, 0.3) is 0 Å². The Hall–Kier alpha value is -2.68. The van der Waals surface area contributed by atoms with Crippen molar-refractivity contribution in [3.63, 3.8) is 0 Å². The van der Waals surface area contributed by atoms with E-state index in [-0.39, 0.29) is 6.04 Å². The van der Waals surface area contributed by atoms with Crippen LogP contribution < -0.4 is 11.5 Å². The van der Waals surface area contributed by atoms with Crippen LogP contribution in [0.15, 0.2) is 78.9 Å². The predicted octanol–water partition coefficient (Wildman–Crippen LogP) is 4.66. The SMILES string of the molecule is NC/C=C/C(N)c1cccc2ccc3cc4ccccc4cc3c12. The summed E-state index contributed by atoms with van der Waals surface area (Å²) in [6.45, 7) is 0.504. The largest absolute Gasteiger partial charge is 0.327 e. The normalized spacial score (nSPS) is 13.2. The summed E-state index contributed by atoms with van der Waals surface area (Å²) in [5.41, 5.74) is 13.1. The molecule has 0 saturated carbocycles. The summed E-state index contributed by atoms with van der Waals surface area (Å²) in [5, 5.41) is 7.44. The molecule has 4 aromatic rings. The number of benzene rings is 4. The zero-order valence-electron chi connectivity index (χ0n) is 13.4. The minimum Gasteiger partial charge on any atom is -0.327 e. The molecule has 24 heavy (non-hydrogen) atoms. The van der Waals surface area contributed by atoms with Crippen molar-refractivity contribution in [2.75, 3.05) is 6.54 Å². The third-order valence-corrected chi connectivity index (χ3v) is 4.60. The molecule has 0 aromatic heterocycles. The first kappa shape index (κ1) is 14.9. The van der Waals surface area contributed by atoms with E-state index >= 15 is 0 Å². The number of hydrogen-bond acceptors (Lipinski definition) is 2. The molecule has 1 unspecified atom stereocenters. The monoisotopic (exact) mass is 312 g/mol. The van der Waals surface area contributed by atoms with Crippen molar-refractivity contribution in [2.24, 2.45) is 11.5 Å². The summed E-state index contributed by atoms with van der Waals surface area (Å²) >= 11 is 0. The predicted molar refractivity (Wildman–Crippen MR) is 104 cm³/mol. The zero-order chi connectivity index (χ0) is 16.5. The smallest absolute Gasteiger partial charge is 0.0488 e. The van der Waals surface area contributed by atoms with Crippen molar-refractivity contribution in [2.45, 2.75) is 6.04 Å². The van der Waals surface area contributed by atoms with Crippen LogP contribution in [-0.4, -0.2) is 6.54 Å². The van der Waals surface area contributed by atoms with Crippen molar-refractivity contribution >= 4 is 32.3 Å². The highest BCUT2D eigenvalue weighted by molar-refractivity contribution is 6.13. The van der Waals surface area contributed by atoms with Crippen LogP contribution in [0.3, 0.4) is 0 Å². The average molecular weight is 312 g/mol. The van der Waals surface area contributed by atoms with E-state index in [1.165, 1.54) is 32.3 Å². The highest BCUT2D eigenvalue weighted by atomic mass is 14.6. The van der Waals surface area contributed by atoms with Gasteiger partial charge in [0.1, 0.15) is 0 Å². The van der Waals surface area contributed by atoms with Gasteiger partial charge < -0.3 is 11.5 Å². The van der Waals surface area contributed by atoms with Crippen LogP contribution in [0.4, 0.5) is 0 Å². The van der Waals surface area contributed by atoms with Crippen molar-refractivity contribution in [1.82, 2.24) is 0 Å². The summed E-state index contributed by atoms with van der Waals surface area (Å²) in [7, 11) is 0. The van der Waals surface area contributed by atoms with Crippen LogP contribution >= 0.6 is 0 Å². The van der Waals surface area contributed by atoms with E-state index in [1.807, 2.05) is 12.2 Å². The maximum atomic E-state index is 6.41. The first-order valence-electron chi connectivity index (χ1n) is 8.24. The quantitative estimate of drug-likeness (QED) is 0.328. The van der Waals surface area contributed by atoms with Crippen LogP contribution in [0.5, 0.6) is 0 Å². The highest BCUT2D eigenvalue weighted by Crippen LogP contribution is 2.33. The summed E-state index contributed by atoms with van der Waals surface area (Å²) < 4.78 is 0. The molecule has 0 bridgehead atoms. The van der Waals surface area contributed by atoms with Gasteiger partial charge in [-0.25, -0.2) is 0 Å². The summed E-state index contributed by atoms with van der Waals surface area (Å²) in [4.78, 5) is 0. The fourth-order valence-corrected chi connectivity index (χ4v) is 3.44. The summed E-state index contributed by atoms with van der Waals surface area (Å²) in [6, 6.07) is 23.5. The molecule has 2 heteroatoms. The number of hydrogen-bond donors (Lipinski definition) is 2. The molecule has 2 nitrogen and oxygen atoms in total. The third-order valence-electron chi connectivity index (χ3n) is 4.60. The van der Waals surface area contributed by atoms with Gasteiger partial charge in [0.05, 0.1) is 0 Å². The Morgan fingerprint density at radius 3 is 2.29 bits per heavy atom. The molecule has 0 radical (unpaired) electrons. The lowest BCUT2D eigenvalue weighted by molar-refractivity contribution is 0.917. The molecule has 0 heterocycles. The Morgan fingerprint density at radius 2 is 1.50 bits per heavy atom. The standard InChI is InChI=1S/C22H20N2/c23-12-4-9-21(24)19-8-3-7-15-10-11-18-13-16-5-1-2-6-17(16)14-20(18)22(15)19/h1-11,13-14,21H,12,23-24H2/b9-4+. The Morgan fingerprint density at radius 1 is 0.792 bits per heavy atom. The van der Waals surface area contributed by atoms with Gasteiger partial charge in [-0.3, -0.25) is 0 Å². The van der Waals surface area contributed by atoms with Crippen molar-refractivity contribution < 1.29 is 0 Å². The van der Waals surface area contributed by atoms with Crippen molar-refractivity contribution in [3.8, 4) is 0 Å². The van der Waals surface area contributed by atoms with E-state index in [9.17, 15) is 0 Å². The molecule has 0 aliphatic carbocycles. The fraction of sp³-hybridized carbons (Fsp3) is 0.0909. The van der Waals surface area contributed by atoms with Crippen LogP contribution in [-0.2, 0) is 0 Å². The number of fused-ring (bicyclic) bond motifs is 4. The fourth-order valence-electron chi connectivity index (χ4n) is 3.44. The van der Waals surface area contributed by atoms with Crippen LogP contribution in [0.2, 0.25) is 0 Å². The second-order valence-electron chi connectivity index (χ2n) is 6.12. The highest BCUT2D eigenvalue weighted by Gasteiger charge is 2.10. The van der Waals surface area contributed by atoms with E-state index < -0.39 is 0 Å². The van der Waals surface area contributed by atoms with E-state index in [0.717, 1.165) is 5.56 Å².